The zero-order valence-corrected chi connectivity index (χ0v) is 14.7. The lowest BCUT2D eigenvalue weighted by Gasteiger charge is -2.09. The number of nitrogens with one attached hydrogen (secondary N) is 1. The minimum atomic E-state index is -0.194. The van der Waals surface area contributed by atoms with Gasteiger partial charge in [-0.3, -0.25) is 9.78 Å². The molecule has 3 rings (SSSR count). The van der Waals surface area contributed by atoms with E-state index in [4.69, 9.17) is 5.11 Å². The van der Waals surface area contributed by atoms with Gasteiger partial charge in [0.25, 0.3) is 5.91 Å². The molecule has 0 fully saturated rings. The summed E-state index contributed by atoms with van der Waals surface area (Å²) in [5, 5.41) is 11.5. The van der Waals surface area contributed by atoms with Crippen LogP contribution in [0.1, 0.15) is 15.9 Å². The van der Waals surface area contributed by atoms with Crippen molar-refractivity contribution in [2.24, 2.45) is 0 Å². The van der Waals surface area contributed by atoms with E-state index in [-0.39, 0.29) is 19.1 Å². The van der Waals surface area contributed by atoms with Crippen LogP contribution in [0, 0.1) is 6.92 Å². The number of aryl methyl sites for hydroxylation is 1. The summed E-state index contributed by atoms with van der Waals surface area (Å²) < 4.78 is 0.895. The largest absolute Gasteiger partial charge is 0.395 e. The van der Waals surface area contributed by atoms with Crippen LogP contribution >= 0.6 is 15.9 Å². The van der Waals surface area contributed by atoms with Crippen molar-refractivity contribution in [1.82, 2.24) is 15.3 Å². The summed E-state index contributed by atoms with van der Waals surface area (Å²) in [7, 11) is 0. The van der Waals surface area contributed by atoms with Crippen LogP contribution in [0.4, 0.5) is 0 Å². The summed E-state index contributed by atoms with van der Waals surface area (Å²) >= 11 is 3.50. The van der Waals surface area contributed by atoms with Crippen molar-refractivity contribution in [3.63, 3.8) is 0 Å². The van der Waals surface area contributed by atoms with Gasteiger partial charge in [-0.05, 0) is 52.7 Å². The predicted molar refractivity (Wildman–Crippen MR) is 96.8 cm³/mol. The van der Waals surface area contributed by atoms with E-state index < -0.39 is 0 Å². The maximum atomic E-state index is 12.0. The van der Waals surface area contributed by atoms with Crippen molar-refractivity contribution in [1.29, 1.82) is 0 Å². The summed E-state index contributed by atoms with van der Waals surface area (Å²) in [6.45, 7) is 2.04. The van der Waals surface area contributed by atoms with E-state index in [1.807, 2.05) is 37.3 Å². The van der Waals surface area contributed by atoms with E-state index in [9.17, 15) is 4.79 Å². The fourth-order valence-electron chi connectivity index (χ4n) is 2.48. The standard InChI is InChI=1S/C18H16BrN3O2/c1-11-9-12(5-6-13(11)18(24)20-7-8-23)16-10-21-15-4-2-3-14(19)17(15)22-16/h2-6,9-10,23H,7-8H2,1H3,(H,20,24). The SMILES string of the molecule is Cc1cc(-c2cnc3cccc(Br)c3n2)ccc1C(=O)NCCO. The fraction of sp³-hybridized carbons (Fsp3) is 0.167. The van der Waals surface area contributed by atoms with E-state index in [0.29, 0.717) is 5.56 Å². The molecule has 0 atom stereocenters. The molecular formula is C18H16BrN3O2. The van der Waals surface area contributed by atoms with Crippen molar-refractivity contribution in [2.45, 2.75) is 6.92 Å². The maximum Gasteiger partial charge on any atom is 0.251 e. The number of nitrogens with zero attached hydrogens (tertiary/aromatic N) is 2. The van der Waals surface area contributed by atoms with Gasteiger partial charge in [-0.2, -0.15) is 0 Å². The van der Waals surface area contributed by atoms with E-state index in [2.05, 4.69) is 31.2 Å². The Morgan fingerprint density at radius 3 is 2.88 bits per heavy atom. The number of halogens is 1. The lowest BCUT2D eigenvalue weighted by Crippen LogP contribution is -2.26. The van der Waals surface area contributed by atoms with Crippen LogP contribution in [0.25, 0.3) is 22.3 Å². The molecule has 6 heteroatoms. The highest BCUT2D eigenvalue weighted by molar-refractivity contribution is 9.10. The molecule has 0 unspecified atom stereocenters. The molecule has 0 aliphatic rings. The highest BCUT2D eigenvalue weighted by Gasteiger charge is 2.11. The molecule has 1 heterocycles. The number of fused-ring (bicyclic) bond motifs is 1. The minimum absolute atomic E-state index is 0.0789. The molecular weight excluding hydrogens is 370 g/mol. The van der Waals surface area contributed by atoms with Gasteiger partial charge in [0.1, 0.15) is 5.52 Å². The molecule has 0 spiro atoms. The number of para-hydroxylation sites is 1. The van der Waals surface area contributed by atoms with Gasteiger partial charge in [-0.15, -0.1) is 0 Å². The zero-order chi connectivity index (χ0) is 17.1. The summed E-state index contributed by atoms with van der Waals surface area (Å²) in [6, 6.07) is 11.3. The average Bonchev–Trinajstić information content (AvgIpc) is 2.59. The smallest absolute Gasteiger partial charge is 0.251 e. The van der Waals surface area contributed by atoms with Gasteiger partial charge < -0.3 is 10.4 Å². The fourth-order valence-corrected chi connectivity index (χ4v) is 2.92. The monoisotopic (exact) mass is 385 g/mol. The highest BCUT2D eigenvalue weighted by Crippen LogP contribution is 2.25. The number of benzene rings is 2. The molecule has 0 aliphatic heterocycles. The molecule has 5 nitrogen and oxygen atoms in total. The van der Waals surface area contributed by atoms with Crippen LogP contribution < -0.4 is 5.32 Å². The Morgan fingerprint density at radius 2 is 2.12 bits per heavy atom. The van der Waals surface area contributed by atoms with Crippen molar-refractivity contribution in [3.05, 3.63) is 58.2 Å². The number of amides is 1. The van der Waals surface area contributed by atoms with E-state index in [0.717, 1.165) is 32.3 Å². The molecule has 0 aliphatic carbocycles. The van der Waals surface area contributed by atoms with Gasteiger partial charge in [0.15, 0.2) is 0 Å². The van der Waals surface area contributed by atoms with Crippen LogP contribution in [0.2, 0.25) is 0 Å². The Morgan fingerprint density at radius 1 is 1.29 bits per heavy atom. The van der Waals surface area contributed by atoms with Gasteiger partial charge in [0, 0.05) is 22.1 Å². The first-order valence-electron chi connectivity index (χ1n) is 7.51. The van der Waals surface area contributed by atoms with Gasteiger partial charge in [0.2, 0.25) is 0 Å². The number of carbonyl (C=O) groups excluding carboxylic acids is 1. The van der Waals surface area contributed by atoms with Crippen LogP contribution in [0.15, 0.2) is 47.1 Å². The third-order valence-corrected chi connectivity index (χ3v) is 4.33. The molecule has 0 saturated heterocycles. The third kappa shape index (κ3) is 3.29. The van der Waals surface area contributed by atoms with Gasteiger partial charge in [0.05, 0.1) is 24.0 Å². The van der Waals surface area contributed by atoms with Gasteiger partial charge >= 0.3 is 0 Å². The second kappa shape index (κ2) is 7.07. The lowest BCUT2D eigenvalue weighted by molar-refractivity contribution is 0.0944. The summed E-state index contributed by atoms with van der Waals surface area (Å²) in [5.74, 6) is -0.194. The second-order valence-electron chi connectivity index (χ2n) is 5.37. The Hall–Kier alpha value is -2.31. The predicted octanol–water partition coefficient (Wildman–Crippen LogP) is 3.09. The minimum Gasteiger partial charge on any atom is -0.395 e. The molecule has 3 aromatic rings. The van der Waals surface area contributed by atoms with E-state index >= 15 is 0 Å². The average molecular weight is 386 g/mol. The molecule has 0 bridgehead atoms. The number of aliphatic hydroxyl groups is 1. The molecule has 0 radical (unpaired) electrons. The first kappa shape index (κ1) is 16.5. The third-order valence-electron chi connectivity index (χ3n) is 3.69. The van der Waals surface area contributed by atoms with Crippen LogP contribution in [-0.4, -0.2) is 34.1 Å². The summed E-state index contributed by atoms with van der Waals surface area (Å²) in [6.07, 6.45) is 1.73. The van der Waals surface area contributed by atoms with Gasteiger partial charge in [-0.25, -0.2) is 4.98 Å². The topological polar surface area (TPSA) is 75.1 Å². The zero-order valence-electron chi connectivity index (χ0n) is 13.1. The molecule has 1 aromatic heterocycles. The number of aliphatic hydroxyl groups excluding tert-OH is 1. The van der Waals surface area contributed by atoms with Gasteiger partial charge in [-0.1, -0.05) is 12.1 Å². The van der Waals surface area contributed by atoms with Crippen molar-refractivity contribution in [3.8, 4) is 11.3 Å². The lowest BCUT2D eigenvalue weighted by atomic mass is 10.0. The summed E-state index contributed by atoms with van der Waals surface area (Å²) in [4.78, 5) is 21.1. The normalized spacial score (nSPS) is 10.8. The molecule has 122 valence electrons. The number of hydrogen-bond donors (Lipinski definition) is 2. The molecule has 1 amide bonds. The van der Waals surface area contributed by atoms with Crippen LogP contribution in [0.5, 0.6) is 0 Å². The van der Waals surface area contributed by atoms with Crippen molar-refractivity contribution < 1.29 is 9.90 Å². The molecule has 2 N–H and O–H groups in total. The Bertz CT molecular complexity index is 912. The maximum absolute atomic E-state index is 12.0. The Labute approximate surface area is 147 Å². The number of aromatic nitrogens is 2. The van der Waals surface area contributed by atoms with Crippen molar-refractivity contribution in [2.75, 3.05) is 13.2 Å². The first-order valence-corrected chi connectivity index (χ1v) is 8.31. The number of rotatable bonds is 4. The van der Waals surface area contributed by atoms with Crippen molar-refractivity contribution >= 4 is 32.9 Å². The molecule has 24 heavy (non-hydrogen) atoms. The quantitative estimate of drug-likeness (QED) is 0.723. The van der Waals surface area contributed by atoms with Crippen LogP contribution in [-0.2, 0) is 0 Å². The summed E-state index contributed by atoms with van der Waals surface area (Å²) in [5.41, 5.74) is 4.71. The Balaban J connectivity index is 1.97. The first-order chi connectivity index (χ1) is 11.6. The van der Waals surface area contributed by atoms with Crippen LogP contribution in [0.3, 0.4) is 0 Å². The number of hydrogen-bond acceptors (Lipinski definition) is 4. The highest BCUT2D eigenvalue weighted by atomic mass is 79.9. The second-order valence-corrected chi connectivity index (χ2v) is 6.23. The Kier molecular flexibility index (Phi) is 4.87. The number of carbonyl (C=O) groups is 1. The van der Waals surface area contributed by atoms with E-state index in [1.165, 1.54) is 0 Å². The molecule has 0 saturated carbocycles. The molecule has 2 aromatic carbocycles. The van der Waals surface area contributed by atoms with E-state index in [1.54, 1.807) is 12.3 Å².